The van der Waals surface area contributed by atoms with Crippen molar-refractivity contribution < 1.29 is 14.0 Å². The van der Waals surface area contributed by atoms with Crippen LogP contribution in [0.2, 0.25) is 0 Å². The Kier molecular flexibility index (Phi) is 7.23. The molecule has 3 heterocycles. The van der Waals surface area contributed by atoms with Crippen LogP contribution in [-0.2, 0) is 16.0 Å². The van der Waals surface area contributed by atoms with Gasteiger partial charge in [-0.1, -0.05) is 17.0 Å². The second-order valence-electron chi connectivity index (χ2n) is 8.69. The lowest BCUT2D eigenvalue weighted by molar-refractivity contribution is -0.188. The molecule has 0 bridgehead atoms. The first-order valence-corrected chi connectivity index (χ1v) is 12.0. The van der Waals surface area contributed by atoms with Crippen molar-refractivity contribution in [2.24, 2.45) is 0 Å². The van der Waals surface area contributed by atoms with E-state index >= 15 is 0 Å². The maximum absolute atomic E-state index is 8.90. The van der Waals surface area contributed by atoms with Crippen molar-refractivity contribution in [1.82, 2.24) is 14.7 Å². The fraction of sp³-hybridized carbons (Fsp3) is 0.276. The first-order chi connectivity index (χ1) is 17.7. The monoisotopic (exact) mass is 478 g/mol. The number of hydrogen-bond acceptors (Lipinski definition) is 6. The van der Waals surface area contributed by atoms with E-state index in [0.29, 0.717) is 17.9 Å². The van der Waals surface area contributed by atoms with Gasteiger partial charge in [0.15, 0.2) is 12.1 Å². The summed E-state index contributed by atoms with van der Waals surface area (Å²) in [6.45, 7) is 3.28. The van der Waals surface area contributed by atoms with Crippen molar-refractivity contribution in [3.63, 3.8) is 0 Å². The zero-order valence-corrected chi connectivity index (χ0v) is 20.1. The van der Waals surface area contributed by atoms with Gasteiger partial charge in [-0.3, -0.25) is 0 Å². The third kappa shape index (κ3) is 5.72. The lowest BCUT2D eigenvalue weighted by Gasteiger charge is -2.26. The van der Waals surface area contributed by atoms with E-state index in [1.165, 1.54) is 0 Å². The van der Waals surface area contributed by atoms with Gasteiger partial charge in [0, 0.05) is 41.8 Å². The molecule has 5 rings (SSSR count). The van der Waals surface area contributed by atoms with Gasteiger partial charge in [-0.25, -0.2) is 4.98 Å². The molecule has 4 aromatic rings. The van der Waals surface area contributed by atoms with Gasteiger partial charge in [0.2, 0.25) is 0 Å². The van der Waals surface area contributed by atoms with E-state index in [1.807, 2.05) is 60.2 Å². The van der Waals surface area contributed by atoms with Crippen molar-refractivity contribution in [3.8, 4) is 29.2 Å². The molecule has 2 aromatic heterocycles. The van der Waals surface area contributed by atoms with Crippen molar-refractivity contribution in [1.29, 1.82) is 5.26 Å². The Bertz CT molecular complexity index is 1400. The molecule has 1 aliphatic heterocycles. The van der Waals surface area contributed by atoms with E-state index in [1.54, 1.807) is 18.3 Å². The fourth-order valence-corrected chi connectivity index (χ4v) is 4.11. The van der Waals surface area contributed by atoms with Crippen LogP contribution in [-0.4, -0.2) is 27.6 Å². The molecule has 0 saturated carbocycles. The average Bonchev–Trinajstić information content (AvgIpc) is 3.59. The van der Waals surface area contributed by atoms with Crippen LogP contribution in [0.1, 0.15) is 60.5 Å². The predicted molar refractivity (Wildman–Crippen MR) is 133 cm³/mol. The molecule has 7 nitrogen and oxygen atoms in total. The Morgan fingerprint density at radius 3 is 2.47 bits per heavy atom. The Morgan fingerprint density at radius 1 is 1.06 bits per heavy atom. The molecule has 0 radical (unpaired) electrons. The Hall–Kier alpha value is -4.17. The average molecular weight is 479 g/mol. The Balaban J connectivity index is 1.23. The van der Waals surface area contributed by atoms with Crippen LogP contribution < -0.4 is 0 Å². The number of aromatic nitrogens is 3. The highest BCUT2D eigenvalue weighted by Crippen LogP contribution is 2.25. The number of benzene rings is 2. The number of rotatable bonds is 6. The Labute approximate surface area is 210 Å². The summed E-state index contributed by atoms with van der Waals surface area (Å²) in [5.74, 6) is 7.79. The molecule has 2 atom stereocenters. The van der Waals surface area contributed by atoms with Crippen molar-refractivity contribution in [3.05, 3.63) is 95.2 Å². The number of nitrogens with zero attached hydrogens (tertiary/aromatic N) is 4. The van der Waals surface area contributed by atoms with Gasteiger partial charge in [-0.15, -0.1) is 0 Å². The van der Waals surface area contributed by atoms with Crippen LogP contribution in [0.15, 0.2) is 71.5 Å². The first-order valence-electron chi connectivity index (χ1n) is 12.0. The van der Waals surface area contributed by atoms with Crippen LogP contribution in [0.25, 0.3) is 11.3 Å². The van der Waals surface area contributed by atoms with Gasteiger partial charge >= 0.3 is 0 Å². The number of imidazole rings is 1. The molecule has 0 spiro atoms. The smallest absolute Gasteiger partial charge is 0.167 e. The fourth-order valence-electron chi connectivity index (χ4n) is 4.11. The highest BCUT2D eigenvalue weighted by Gasteiger charge is 2.21. The molecule has 7 heteroatoms. The van der Waals surface area contributed by atoms with Crippen molar-refractivity contribution >= 4 is 0 Å². The SMILES string of the molecule is CC(OC1CCCCO1)c1nccn1Cc1cc(-c2ccc(C#Cc3ccc(C#N)cc3)cc2)on1. The maximum atomic E-state index is 8.90. The van der Waals surface area contributed by atoms with Crippen molar-refractivity contribution in [2.45, 2.75) is 45.1 Å². The summed E-state index contributed by atoms with van der Waals surface area (Å²) in [4.78, 5) is 4.50. The summed E-state index contributed by atoms with van der Waals surface area (Å²) in [6, 6.07) is 19.1. The predicted octanol–water partition coefficient (Wildman–Crippen LogP) is 5.46. The molecule has 2 aromatic carbocycles. The molecular formula is C29H26N4O3. The van der Waals surface area contributed by atoms with E-state index in [-0.39, 0.29) is 12.4 Å². The van der Waals surface area contributed by atoms with Crippen molar-refractivity contribution in [2.75, 3.05) is 6.61 Å². The van der Waals surface area contributed by atoms with Gasteiger partial charge < -0.3 is 18.6 Å². The minimum absolute atomic E-state index is 0.172. The largest absolute Gasteiger partial charge is 0.356 e. The highest BCUT2D eigenvalue weighted by atomic mass is 16.7. The molecule has 2 unspecified atom stereocenters. The zero-order valence-electron chi connectivity index (χ0n) is 20.1. The molecular weight excluding hydrogens is 452 g/mol. The topological polar surface area (TPSA) is 86.1 Å². The minimum atomic E-state index is -0.188. The van der Waals surface area contributed by atoms with E-state index in [0.717, 1.165) is 54.1 Å². The first kappa shape index (κ1) is 23.6. The van der Waals surface area contributed by atoms with E-state index in [9.17, 15) is 0 Å². The van der Waals surface area contributed by atoms with Gasteiger partial charge in [-0.05, 0) is 74.7 Å². The quantitative estimate of drug-likeness (QED) is 0.342. The second kappa shape index (κ2) is 11.0. The third-order valence-corrected chi connectivity index (χ3v) is 6.03. The number of hydrogen-bond donors (Lipinski definition) is 0. The number of ether oxygens (including phenoxy) is 2. The minimum Gasteiger partial charge on any atom is -0.356 e. The molecule has 1 fully saturated rings. The van der Waals surface area contributed by atoms with Gasteiger partial charge in [0.25, 0.3) is 0 Å². The van der Waals surface area contributed by atoms with E-state index in [2.05, 4.69) is 28.1 Å². The normalized spacial score (nSPS) is 16.1. The third-order valence-electron chi connectivity index (χ3n) is 6.03. The molecule has 180 valence electrons. The van der Waals surface area contributed by atoms with Crippen LogP contribution in [0.4, 0.5) is 0 Å². The zero-order chi connectivity index (χ0) is 24.7. The summed E-state index contributed by atoms with van der Waals surface area (Å²) in [7, 11) is 0. The summed E-state index contributed by atoms with van der Waals surface area (Å²) in [6.07, 6.45) is 6.46. The van der Waals surface area contributed by atoms with Gasteiger partial charge in [0.1, 0.15) is 17.6 Å². The molecule has 1 aliphatic rings. The van der Waals surface area contributed by atoms with Crippen LogP contribution >= 0.6 is 0 Å². The summed E-state index contributed by atoms with van der Waals surface area (Å²) in [5.41, 5.74) is 4.10. The molecule has 0 N–H and O–H groups in total. The molecule has 36 heavy (non-hydrogen) atoms. The van der Waals surface area contributed by atoms with Crippen LogP contribution in [0.5, 0.6) is 0 Å². The number of nitriles is 1. The van der Waals surface area contributed by atoms with E-state index < -0.39 is 0 Å². The van der Waals surface area contributed by atoms with Gasteiger partial charge in [0.05, 0.1) is 18.2 Å². The lowest BCUT2D eigenvalue weighted by Crippen LogP contribution is -2.24. The highest BCUT2D eigenvalue weighted by molar-refractivity contribution is 5.59. The van der Waals surface area contributed by atoms with Gasteiger partial charge in [-0.2, -0.15) is 5.26 Å². The Morgan fingerprint density at radius 2 is 1.78 bits per heavy atom. The second-order valence-corrected chi connectivity index (χ2v) is 8.69. The van der Waals surface area contributed by atoms with E-state index in [4.69, 9.17) is 19.3 Å². The van der Waals surface area contributed by atoms with Crippen LogP contribution in [0, 0.1) is 23.2 Å². The standard InChI is InChI=1S/C29H26N4O3/c1-21(35-28-4-2-3-17-34-28)29-31-15-16-33(29)20-26-18-27(36-32-26)25-13-11-23(12-14-25)6-5-22-7-9-24(19-30)10-8-22/h7-16,18,21,28H,2-4,17,20H2,1H3. The molecule has 0 aliphatic carbocycles. The summed E-state index contributed by atoms with van der Waals surface area (Å²) >= 11 is 0. The summed E-state index contributed by atoms with van der Waals surface area (Å²) < 4.78 is 19.4. The lowest BCUT2D eigenvalue weighted by atomic mass is 10.1. The maximum Gasteiger partial charge on any atom is 0.167 e. The molecule has 0 amide bonds. The molecule has 1 saturated heterocycles. The summed E-state index contributed by atoms with van der Waals surface area (Å²) in [5, 5.41) is 13.2. The van der Waals surface area contributed by atoms with Crippen LogP contribution in [0.3, 0.4) is 0 Å².